The molecule has 1 N–H and O–H groups in total. The van der Waals surface area contributed by atoms with Gasteiger partial charge in [0.1, 0.15) is 5.75 Å². The summed E-state index contributed by atoms with van der Waals surface area (Å²) in [5.74, 6) is -0.00282. The van der Waals surface area contributed by atoms with Gasteiger partial charge in [-0.2, -0.15) is 0 Å². The molecular weight excluding hydrogens is 372 g/mol. The Labute approximate surface area is 157 Å². The number of rotatable bonds is 4. The van der Waals surface area contributed by atoms with E-state index in [4.69, 9.17) is 4.74 Å². The smallest absolute Gasteiger partial charge is 0.267 e. The summed E-state index contributed by atoms with van der Waals surface area (Å²) in [6.07, 6.45) is 2.11. The standard InChI is InChI=1S/C18H20N2O4S2/c1-12-8-9-15-14(10-12)20(26(3,22)23)11-16(24-15)18(21)19-13-6-4-5-7-17(13)25-2/h4-10,16H,11H2,1-3H3,(H,19,21)/t16-/m1/s1. The van der Waals surface area contributed by atoms with Gasteiger partial charge in [0.05, 0.1) is 24.2 Å². The van der Waals surface area contributed by atoms with E-state index in [2.05, 4.69) is 5.32 Å². The van der Waals surface area contributed by atoms with Gasteiger partial charge in [0.25, 0.3) is 5.91 Å². The van der Waals surface area contributed by atoms with Gasteiger partial charge in [0, 0.05) is 4.90 Å². The molecule has 1 atom stereocenters. The Balaban J connectivity index is 1.90. The molecule has 0 radical (unpaired) electrons. The Kier molecular flexibility index (Phi) is 5.15. The van der Waals surface area contributed by atoms with Crippen LogP contribution in [0.4, 0.5) is 11.4 Å². The number of fused-ring (bicyclic) bond motifs is 1. The van der Waals surface area contributed by atoms with Crippen LogP contribution < -0.4 is 14.4 Å². The Morgan fingerprint density at radius 2 is 2.00 bits per heavy atom. The van der Waals surface area contributed by atoms with Crippen molar-refractivity contribution in [1.82, 2.24) is 0 Å². The number of carbonyl (C=O) groups is 1. The summed E-state index contributed by atoms with van der Waals surface area (Å²) in [7, 11) is -3.54. The number of para-hydroxylation sites is 1. The first-order valence-corrected chi connectivity index (χ1v) is 11.1. The molecule has 1 heterocycles. The van der Waals surface area contributed by atoms with Crippen LogP contribution in [0.15, 0.2) is 47.4 Å². The fourth-order valence-electron chi connectivity index (χ4n) is 2.77. The molecule has 1 amide bonds. The lowest BCUT2D eigenvalue weighted by Gasteiger charge is -2.34. The van der Waals surface area contributed by atoms with Crippen LogP contribution in [0.2, 0.25) is 0 Å². The van der Waals surface area contributed by atoms with Gasteiger partial charge in [-0.3, -0.25) is 9.10 Å². The number of benzene rings is 2. The van der Waals surface area contributed by atoms with Crippen LogP contribution in [0.25, 0.3) is 0 Å². The zero-order valence-electron chi connectivity index (χ0n) is 14.7. The van der Waals surface area contributed by atoms with Crippen molar-refractivity contribution >= 4 is 39.1 Å². The molecule has 6 nitrogen and oxygen atoms in total. The number of anilines is 2. The third kappa shape index (κ3) is 3.81. The molecule has 0 bridgehead atoms. The second-order valence-electron chi connectivity index (χ2n) is 6.06. The number of hydrogen-bond donors (Lipinski definition) is 1. The minimum absolute atomic E-state index is 0.0669. The maximum absolute atomic E-state index is 12.7. The molecule has 0 unspecified atom stereocenters. The van der Waals surface area contributed by atoms with Gasteiger partial charge in [-0.05, 0) is 43.0 Å². The molecule has 1 aliphatic heterocycles. The number of amides is 1. The molecule has 0 saturated heterocycles. The highest BCUT2D eigenvalue weighted by Gasteiger charge is 2.35. The average molecular weight is 393 g/mol. The number of nitrogens with zero attached hydrogens (tertiary/aromatic N) is 1. The Morgan fingerprint density at radius 1 is 1.27 bits per heavy atom. The van der Waals surface area contributed by atoms with E-state index in [-0.39, 0.29) is 12.5 Å². The van der Waals surface area contributed by atoms with Crippen LogP contribution in [0.1, 0.15) is 5.56 Å². The minimum atomic E-state index is -3.54. The number of nitrogens with one attached hydrogen (secondary N) is 1. The summed E-state index contributed by atoms with van der Waals surface area (Å²) < 4.78 is 31.5. The number of carbonyl (C=O) groups excluding carboxylic acids is 1. The van der Waals surface area contributed by atoms with Crippen LogP contribution in [0.5, 0.6) is 5.75 Å². The maximum Gasteiger partial charge on any atom is 0.267 e. The van der Waals surface area contributed by atoms with Crippen LogP contribution in [-0.2, 0) is 14.8 Å². The Morgan fingerprint density at radius 3 is 2.69 bits per heavy atom. The lowest BCUT2D eigenvalue weighted by Crippen LogP contribution is -2.48. The van der Waals surface area contributed by atoms with Crippen molar-refractivity contribution < 1.29 is 17.9 Å². The topological polar surface area (TPSA) is 75.7 Å². The zero-order valence-corrected chi connectivity index (χ0v) is 16.4. The zero-order chi connectivity index (χ0) is 18.9. The highest BCUT2D eigenvalue weighted by molar-refractivity contribution is 7.98. The first-order valence-electron chi connectivity index (χ1n) is 7.98. The van der Waals surface area contributed by atoms with Crippen molar-refractivity contribution in [3.05, 3.63) is 48.0 Å². The van der Waals surface area contributed by atoms with Gasteiger partial charge >= 0.3 is 0 Å². The first-order chi connectivity index (χ1) is 12.3. The van der Waals surface area contributed by atoms with E-state index >= 15 is 0 Å². The third-order valence-corrected chi connectivity index (χ3v) is 5.98. The van der Waals surface area contributed by atoms with E-state index in [1.165, 1.54) is 16.1 Å². The summed E-state index contributed by atoms with van der Waals surface area (Å²) in [6, 6.07) is 12.7. The number of ether oxygens (including phenoxy) is 1. The van der Waals surface area contributed by atoms with Gasteiger partial charge in [-0.25, -0.2) is 8.42 Å². The largest absolute Gasteiger partial charge is 0.476 e. The molecule has 0 spiro atoms. The van der Waals surface area contributed by atoms with E-state index in [9.17, 15) is 13.2 Å². The van der Waals surface area contributed by atoms with Crippen molar-refractivity contribution in [2.24, 2.45) is 0 Å². The van der Waals surface area contributed by atoms with E-state index < -0.39 is 16.1 Å². The van der Waals surface area contributed by atoms with Crippen LogP contribution in [0, 0.1) is 6.92 Å². The van der Waals surface area contributed by atoms with E-state index in [1.807, 2.05) is 37.4 Å². The quantitative estimate of drug-likeness (QED) is 0.810. The summed E-state index contributed by atoms with van der Waals surface area (Å²) >= 11 is 1.52. The lowest BCUT2D eigenvalue weighted by molar-refractivity contribution is -0.122. The van der Waals surface area contributed by atoms with Crippen LogP contribution in [0.3, 0.4) is 0 Å². The number of sulfonamides is 1. The van der Waals surface area contributed by atoms with Crippen molar-refractivity contribution in [3.8, 4) is 5.75 Å². The minimum Gasteiger partial charge on any atom is -0.476 e. The predicted molar refractivity (Wildman–Crippen MR) is 105 cm³/mol. The molecule has 2 aromatic rings. The molecule has 1 aliphatic rings. The molecular formula is C18H20N2O4S2. The summed E-state index contributed by atoms with van der Waals surface area (Å²) in [5, 5.41) is 2.84. The Bertz CT molecular complexity index is 944. The second-order valence-corrected chi connectivity index (χ2v) is 8.82. The normalized spacial score (nSPS) is 16.6. The summed E-state index contributed by atoms with van der Waals surface area (Å²) in [4.78, 5) is 13.6. The molecule has 8 heteroatoms. The molecule has 138 valence electrons. The number of thioether (sulfide) groups is 1. The highest BCUT2D eigenvalue weighted by Crippen LogP contribution is 2.36. The fourth-order valence-corrected chi connectivity index (χ4v) is 4.23. The molecule has 2 aromatic carbocycles. The highest BCUT2D eigenvalue weighted by atomic mass is 32.2. The Hall–Kier alpha value is -2.19. The lowest BCUT2D eigenvalue weighted by atomic mass is 10.1. The van der Waals surface area contributed by atoms with Gasteiger partial charge in [-0.1, -0.05) is 18.2 Å². The first kappa shape index (κ1) is 18.6. The van der Waals surface area contributed by atoms with Gasteiger partial charge in [0.15, 0.2) is 6.10 Å². The molecule has 0 aromatic heterocycles. The molecule has 0 saturated carbocycles. The monoisotopic (exact) mass is 392 g/mol. The number of hydrogen-bond acceptors (Lipinski definition) is 5. The fraction of sp³-hybridized carbons (Fsp3) is 0.278. The van der Waals surface area contributed by atoms with Crippen molar-refractivity contribution in [1.29, 1.82) is 0 Å². The van der Waals surface area contributed by atoms with Gasteiger partial charge < -0.3 is 10.1 Å². The van der Waals surface area contributed by atoms with Gasteiger partial charge in [0.2, 0.25) is 10.0 Å². The van der Waals surface area contributed by atoms with Crippen LogP contribution >= 0.6 is 11.8 Å². The van der Waals surface area contributed by atoms with Crippen molar-refractivity contribution in [2.75, 3.05) is 28.7 Å². The average Bonchev–Trinajstić information content (AvgIpc) is 2.60. The van der Waals surface area contributed by atoms with Crippen LogP contribution in [-0.4, -0.2) is 39.5 Å². The molecule has 3 rings (SSSR count). The van der Waals surface area contributed by atoms with E-state index in [0.717, 1.165) is 16.7 Å². The predicted octanol–water partition coefficient (Wildman–Crippen LogP) is 2.88. The maximum atomic E-state index is 12.7. The summed E-state index contributed by atoms with van der Waals surface area (Å²) in [6.45, 7) is 1.81. The van der Waals surface area contributed by atoms with E-state index in [1.54, 1.807) is 18.2 Å². The molecule has 0 fully saturated rings. The third-order valence-electron chi connectivity index (χ3n) is 4.04. The number of aryl methyl sites for hydroxylation is 1. The van der Waals surface area contributed by atoms with Gasteiger partial charge in [-0.15, -0.1) is 11.8 Å². The second kappa shape index (κ2) is 7.20. The van der Waals surface area contributed by atoms with Crippen molar-refractivity contribution in [2.45, 2.75) is 17.9 Å². The van der Waals surface area contributed by atoms with Crippen molar-refractivity contribution in [3.63, 3.8) is 0 Å². The van der Waals surface area contributed by atoms with E-state index in [0.29, 0.717) is 17.1 Å². The molecule has 0 aliphatic carbocycles. The summed E-state index contributed by atoms with van der Waals surface area (Å²) in [5.41, 5.74) is 2.05. The SMILES string of the molecule is CSc1ccccc1NC(=O)[C@H]1CN(S(C)(=O)=O)c2cc(C)ccc2O1. The molecule has 26 heavy (non-hydrogen) atoms.